The molecular weight excluding hydrogens is 389 g/mol. The number of carbonyl (C=O) groups is 1. The van der Waals surface area contributed by atoms with Gasteiger partial charge in [0.05, 0.1) is 18.8 Å². The van der Waals surface area contributed by atoms with Crippen molar-refractivity contribution < 1.29 is 18.0 Å². The number of rotatable bonds is 3. The Hall–Kier alpha value is -1.33. The molecule has 0 N–H and O–H groups in total. The number of nitrogens with zero attached hydrogens (tertiary/aromatic N) is 2. The Bertz CT molecular complexity index is 776. The first-order valence-corrected chi connectivity index (χ1v) is 11.8. The molecule has 0 aliphatic heterocycles. The fourth-order valence-electron chi connectivity index (χ4n) is 8.35. The second-order valence-electron chi connectivity index (χ2n) is 10.9. The number of alkyl halides is 3. The van der Waals surface area contributed by atoms with Crippen LogP contribution in [0.25, 0.3) is 0 Å². The molecule has 166 valence electrons. The smallest absolute Gasteiger partial charge is 0.330 e. The molecule has 0 spiro atoms. The van der Waals surface area contributed by atoms with Crippen molar-refractivity contribution in [2.24, 2.45) is 46.8 Å². The Kier molecular flexibility index (Phi) is 5.05. The molecule has 0 saturated heterocycles. The monoisotopic (exact) mass is 422 g/mol. The molecule has 4 saturated carbocycles. The van der Waals surface area contributed by atoms with Crippen LogP contribution in [0.2, 0.25) is 0 Å². The van der Waals surface area contributed by atoms with Gasteiger partial charge in [-0.25, -0.2) is 4.98 Å². The van der Waals surface area contributed by atoms with Crippen molar-refractivity contribution >= 4 is 5.78 Å². The van der Waals surface area contributed by atoms with Gasteiger partial charge in [0.25, 0.3) is 0 Å². The summed E-state index contributed by atoms with van der Waals surface area (Å²) in [5, 5.41) is 0. The normalized spacial score (nSPS) is 43.5. The van der Waals surface area contributed by atoms with Gasteiger partial charge in [0.1, 0.15) is 0 Å². The van der Waals surface area contributed by atoms with Gasteiger partial charge in [0, 0.05) is 18.3 Å². The summed E-state index contributed by atoms with van der Waals surface area (Å²) in [6.45, 7) is 2.74. The predicted molar refractivity (Wildman–Crippen MR) is 107 cm³/mol. The van der Waals surface area contributed by atoms with Crippen LogP contribution in [0.4, 0.5) is 13.2 Å². The summed E-state index contributed by atoms with van der Waals surface area (Å²) in [5.74, 6) is 1.86. The third-order valence-corrected chi connectivity index (χ3v) is 9.70. The first-order chi connectivity index (χ1) is 14.3. The molecule has 30 heavy (non-hydrogen) atoms. The van der Waals surface area contributed by atoms with Crippen LogP contribution in [-0.2, 0) is 11.3 Å². The number of imidazole rings is 1. The van der Waals surface area contributed by atoms with Crippen LogP contribution in [0, 0.1) is 46.8 Å². The molecule has 0 amide bonds. The Morgan fingerprint density at radius 2 is 1.87 bits per heavy atom. The van der Waals surface area contributed by atoms with Crippen molar-refractivity contribution in [3.05, 3.63) is 18.7 Å². The summed E-state index contributed by atoms with van der Waals surface area (Å²) < 4.78 is 41.7. The maximum atomic E-state index is 13.3. The molecule has 0 aromatic carbocycles. The number of fused-ring (bicyclic) bond motifs is 5. The Labute approximate surface area is 176 Å². The molecule has 4 aliphatic carbocycles. The summed E-state index contributed by atoms with van der Waals surface area (Å²) in [6, 6.07) is 0. The maximum absolute atomic E-state index is 13.3. The van der Waals surface area contributed by atoms with E-state index >= 15 is 0 Å². The summed E-state index contributed by atoms with van der Waals surface area (Å²) in [4.78, 5) is 17.2. The fraction of sp³-hybridized carbons (Fsp3) is 0.833. The van der Waals surface area contributed by atoms with E-state index in [2.05, 4.69) is 11.9 Å². The van der Waals surface area contributed by atoms with Gasteiger partial charge in [0.2, 0.25) is 0 Å². The van der Waals surface area contributed by atoms with Crippen LogP contribution in [-0.4, -0.2) is 21.5 Å². The molecule has 4 fully saturated rings. The van der Waals surface area contributed by atoms with E-state index < -0.39 is 12.1 Å². The predicted octanol–water partition coefficient (Wildman–Crippen LogP) is 5.90. The molecule has 0 radical (unpaired) electrons. The molecule has 5 rings (SSSR count). The van der Waals surface area contributed by atoms with E-state index in [1.165, 1.54) is 0 Å². The van der Waals surface area contributed by atoms with Crippen LogP contribution in [0.1, 0.15) is 64.7 Å². The standard InChI is InChI=1S/C24H33F3N2O/c1-23-9-8-18-17-5-3-16(24(25,26)27)12-15(17)2-4-19(18)20(23)6-7-21(23)22(30)13-29-11-10-28-14-29/h10-11,14-21H,2-9,12-13H2,1H3. The van der Waals surface area contributed by atoms with Crippen molar-refractivity contribution in [3.63, 3.8) is 0 Å². The van der Waals surface area contributed by atoms with Crippen LogP contribution in [0.3, 0.4) is 0 Å². The minimum atomic E-state index is -4.03. The lowest BCUT2D eigenvalue weighted by Gasteiger charge is -2.56. The molecule has 1 aromatic rings. The molecule has 1 aromatic heterocycles. The molecule has 3 nitrogen and oxygen atoms in total. The van der Waals surface area contributed by atoms with E-state index in [1.807, 2.05) is 10.8 Å². The lowest BCUT2D eigenvalue weighted by Crippen LogP contribution is -2.50. The van der Waals surface area contributed by atoms with E-state index in [1.54, 1.807) is 12.5 Å². The van der Waals surface area contributed by atoms with Gasteiger partial charge in [-0.15, -0.1) is 0 Å². The van der Waals surface area contributed by atoms with E-state index in [9.17, 15) is 18.0 Å². The number of halogens is 3. The summed E-state index contributed by atoms with van der Waals surface area (Å²) in [6.07, 6.45) is 8.95. The number of hydrogen-bond donors (Lipinski definition) is 0. The van der Waals surface area contributed by atoms with Crippen LogP contribution >= 0.6 is 0 Å². The molecular formula is C24H33F3N2O. The number of carbonyl (C=O) groups excluding carboxylic acids is 1. The molecule has 8 unspecified atom stereocenters. The van der Waals surface area contributed by atoms with Gasteiger partial charge in [-0.2, -0.15) is 13.2 Å². The van der Waals surface area contributed by atoms with Gasteiger partial charge < -0.3 is 4.57 Å². The zero-order chi connectivity index (χ0) is 21.1. The maximum Gasteiger partial charge on any atom is 0.391 e. The Balaban J connectivity index is 1.29. The average molecular weight is 423 g/mol. The van der Waals surface area contributed by atoms with E-state index in [0.29, 0.717) is 48.8 Å². The van der Waals surface area contributed by atoms with E-state index in [-0.39, 0.29) is 17.3 Å². The highest BCUT2D eigenvalue weighted by Gasteiger charge is 2.59. The van der Waals surface area contributed by atoms with Crippen LogP contribution in [0.5, 0.6) is 0 Å². The van der Waals surface area contributed by atoms with Gasteiger partial charge in [0.15, 0.2) is 5.78 Å². The lowest BCUT2D eigenvalue weighted by molar-refractivity contribution is -0.196. The third kappa shape index (κ3) is 3.33. The third-order valence-electron chi connectivity index (χ3n) is 9.70. The van der Waals surface area contributed by atoms with Crippen molar-refractivity contribution in [3.8, 4) is 0 Å². The molecule has 4 aliphatic rings. The SMILES string of the molecule is CC12CCC3C4CCC(C(F)(F)F)CC4CCC3C1CCC2C(=O)Cn1ccnc1. The first-order valence-electron chi connectivity index (χ1n) is 11.8. The molecule has 6 heteroatoms. The lowest BCUT2D eigenvalue weighted by atomic mass is 9.49. The Morgan fingerprint density at radius 1 is 1.07 bits per heavy atom. The highest BCUT2D eigenvalue weighted by Crippen LogP contribution is 2.65. The van der Waals surface area contributed by atoms with E-state index in [0.717, 1.165) is 44.9 Å². The summed E-state index contributed by atoms with van der Waals surface area (Å²) in [5.41, 5.74) is 0.0643. The number of hydrogen-bond acceptors (Lipinski definition) is 2. The largest absolute Gasteiger partial charge is 0.391 e. The van der Waals surface area contributed by atoms with Gasteiger partial charge in [-0.05, 0) is 92.8 Å². The molecule has 0 bridgehead atoms. The minimum absolute atomic E-state index is 0.0643. The van der Waals surface area contributed by atoms with Gasteiger partial charge >= 0.3 is 6.18 Å². The zero-order valence-electron chi connectivity index (χ0n) is 17.8. The quantitative estimate of drug-likeness (QED) is 0.608. The van der Waals surface area contributed by atoms with Gasteiger partial charge in [-0.3, -0.25) is 4.79 Å². The minimum Gasteiger partial charge on any atom is -0.330 e. The fourth-order valence-corrected chi connectivity index (χ4v) is 8.35. The molecule has 8 atom stereocenters. The Morgan fingerprint density at radius 3 is 2.60 bits per heavy atom. The average Bonchev–Trinajstić information content (AvgIpc) is 3.33. The summed E-state index contributed by atoms with van der Waals surface area (Å²) >= 11 is 0. The second-order valence-corrected chi connectivity index (χ2v) is 10.9. The van der Waals surface area contributed by atoms with Crippen LogP contribution < -0.4 is 0 Å². The zero-order valence-corrected chi connectivity index (χ0v) is 17.8. The highest BCUT2D eigenvalue weighted by atomic mass is 19.4. The number of Topliss-reactive ketones (excluding diaryl/α,β-unsaturated/α-hetero) is 1. The molecule has 1 heterocycles. The van der Waals surface area contributed by atoms with Crippen LogP contribution in [0.15, 0.2) is 18.7 Å². The van der Waals surface area contributed by atoms with Gasteiger partial charge in [-0.1, -0.05) is 6.92 Å². The van der Waals surface area contributed by atoms with E-state index in [4.69, 9.17) is 0 Å². The highest BCUT2D eigenvalue weighted by molar-refractivity contribution is 5.82. The topological polar surface area (TPSA) is 34.9 Å². The number of ketones is 1. The summed E-state index contributed by atoms with van der Waals surface area (Å²) in [7, 11) is 0. The van der Waals surface area contributed by atoms with Crippen molar-refractivity contribution in [2.45, 2.75) is 77.4 Å². The second kappa shape index (κ2) is 7.37. The number of aromatic nitrogens is 2. The van der Waals surface area contributed by atoms with Crippen molar-refractivity contribution in [1.82, 2.24) is 9.55 Å². The first kappa shape index (κ1) is 20.6. The van der Waals surface area contributed by atoms with Crippen molar-refractivity contribution in [1.29, 1.82) is 0 Å². The van der Waals surface area contributed by atoms with Crippen molar-refractivity contribution in [2.75, 3.05) is 0 Å².